The molecule has 0 aromatic heterocycles. The van der Waals surface area contributed by atoms with E-state index in [1.165, 1.54) is 12.1 Å². The van der Waals surface area contributed by atoms with Crippen molar-refractivity contribution in [1.82, 2.24) is 4.90 Å². The lowest BCUT2D eigenvalue weighted by molar-refractivity contribution is 0.0761. The van der Waals surface area contributed by atoms with Crippen LogP contribution in [-0.4, -0.2) is 32.3 Å². The molecule has 1 aliphatic rings. The summed E-state index contributed by atoms with van der Waals surface area (Å²) in [5.41, 5.74) is 2.20. The molecule has 144 valence electrons. The first kappa shape index (κ1) is 19.4. The molecule has 27 heavy (non-hydrogen) atoms. The predicted octanol–water partition coefficient (Wildman–Crippen LogP) is 4.07. The summed E-state index contributed by atoms with van der Waals surface area (Å²) >= 11 is 0. The number of amides is 1. The van der Waals surface area contributed by atoms with Crippen LogP contribution in [-0.2, 0) is 16.4 Å². The molecule has 3 rings (SSSR count). The van der Waals surface area contributed by atoms with Crippen LogP contribution >= 0.6 is 0 Å². The van der Waals surface area contributed by atoms with Gasteiger partial charge >= 0.3 is 0 Å². The monoisotopic (exact) mass is 386 g/mol. The highest BCUT2D eigenvalue weighted by Gasteiger charge is 2.19. The number of carbonyl (C=O) groups is 1. The second-order valence-electron chi connectivity index (χ2n) is 6.89. The minimum absolute atomic E-state index is 0.0241. The Morgan fingerprint density at radius 2 is 1.52 bits per heavy atom. The van der Waals surface area contributed by atoms with E-state index in [0.717, 1.165) is 50.8 Å². The Labute approximate surface area is 161 Å². The van der Waals surface area contributed by atoms with Crippen molar-refractivity contribution >= 4 is 21.6 Å². The van der Waals surface area contributed by atoms with E-state index < -0.39 is 10.0 Å². The molecule has 1 amide bonds. The topological polar surface area (TPSA) is 66.5 Å². The van der Waals surface area contributed by atoms with E-state index in [9.17, 15) is 13.2 Å². The highest BCUT2D eigenvalue weighted by molar-refractivity contribution is 7.92. The van der Waals surface area contributed by atoms with Crippen molar-refractivity contribution in [3.63, 3.8) is 0 Å². The number of sulfonamides is 1. The standard InChI is InChI=1S/C21H26N2O3S/c1-2-17-7-11-19(12-8-17)22-27(25,26)20-13-9-18(10-14-20)21(24)23-15-5-3-4-6-16-23/h7-14,22H,2-6,15-16H2,1H3. The number of likely N-dealkylation sites (tertiary alicyclic amines) is 1. The van der Waals surface area contributed by atoms with Gasteiger partial charge < -0.3 is 4.90 Å². The van der Waals surface area contributed by atoms with Crippen molar-refractivity contribution in [2.75, 3.05) is 17.8 Å². The third kappa shape index (κ3) is 4.89. The maximum Gasteiger partial charge on any atom is 0.261 e. The van der Waals surface area contributed by atoms with Gasteiger partial charge in [0, 0.05) is 24.3 Å². The van der Waals surface area contributed by atoms with Gasteiger partial charge in [-0.15, -0.1) is 0 Å². The zero-order valence-electron chi connectivity index (χ0n) is 15.6. The molecule has 0 aliphatic carbocycles. The van der Waals surface area contributed by atoms with Crippen LogP contribution in [0, 0.1) is 0 Å². The van der Waals surface area contributed by atoms with Gasteiger partial charge in [-0.3, -0.25) is 9.52 Å². The molecule has 1 aliphatic heterocycles. The number of nitrogens with zero attached hydrogens (tertiary/aromatic N) is 1. The fraction of sp³-hybridized carbons (Fsp3) is 0.381. The third-order valence-corrected chi connectivity index (χ3v) is 6.32. The molecule has 1 saturated heterocycles. The highest BCUT2D eigenvalue weighted by Crippen LogP contribution is 2.19. The number of benzene rings is 2. The molecule has 1 heterocycles. The van der Waals surface area contributed by atoms with Crippen LogP contribution in [0.25, 0.3) is 0 Å². The zero-order chi connectivity index (χ0) is 19.3. The molecule has 2 aromatic rings. The number of nitrogens with one attached hydrogen (secondary N) is 1. The molecule has 0 bridgehead atoms. The number of hydrogen-bond donors (Lipinski definition) is 1. The van der Waals surface area contributed by atoms with Gasteiger partial charge in [-0.2, -0.15) is 0 Å². The second kappa shape index (κ2) is 8.57. The molecule has 0 unspecified atom stereocenters. The third-order valence-electron chi connectivity index (χ3n) is 4.92. The average molecular weight is 387 g/mol. The lowest BCUT2D eigenvalue weighted by Gasteiger charge is -2.20. The minimum atomic E-state index is -3.68. The summed E-state index contributed by atoms with van der Waals surface area (Å²) in [7, 11) is -3.68. The minimum Gasteiger partial charge on any atom is -0.339 e. The first-order valence-corrected chi connectivity index (χ1v) is 11.0. The van der Waals surface area contributed by atoms with Crippen LogP contribution in [0.15, 0.2) is 53.4 Å². The number of anilines is 1. The van der Waals surface area contributed by atoms with Crippen LogP contribution in [0.1, 0.15) is 48.5 Å². The smallest absolute Gasteiger partial charge is 0.261 e. The van der Waals surface area contributed by atoms with Gasteiger partial charge in [-0.05, 0) is 61.2 Å². The van der Waals surface area contributed by atoms with Crippen molar-refractivity contribution < 1.29 is 13.2 Å². The summed E-state index contributed by atoms with van der Waals surface area (Å²) in [5, 5.41) is 0. The van der Waals surface area contributed by atoms with E-state index in [0.29, 0.717) is 11.3 Å². The Hall–Kier alpha value is -2.34. The highest BCUT2D eigenvalue weighted by atomic mass is 32.2. The van der Waals surface area contributed by atoms with Crippen LogP contribution in [0.4, 0.5) is 5.69 Å². The largest absolute Gasteiger partial charge is 0.339 e. The van der Waals surface area contributed by atoms with Crippen molar-refractivity contribution in [2.45, 2.75) is 43.9 Å². The molecular weight excluding hydrogens is 360 g/mol. The first-order chi connectivity index (χ1) is 13.0. The average Bonchev–Trinajstić information content (AvgIpc) is 2.97. The van der Waals surface area contributed by atoms with Gasteiger partial charge in [0.05, 0.1) is 4.90 Å². The predicted molar refractivity (Wildman–Crippen MR) is 107 cm³/mol. The van der Waals surface area contributed by atoms with Crippen molar-refractivity contribution in [2.24, 2.45) is 0 Å². The summed E-state index contributed by atoms with van der Waals surface area (Å²) in [5.74, 6) is -0.0241. The summed E-state index contributed by atoms with van der Waals surface area (Å²) < 4.78 is 27.7. The van der Waals surface area contributed by atoms with E-state index >= 15 is 0 Å². The Balaban J connectivity index is 1.72. The first-order valence-electron chi connectivity index (χ1n) is 9.51. The molecule has 0 saturated carbocycles. The zero-order valence-corrected chi connectivity index (χ0v) is 16.5. The van der Waals surface area contributed by atoms with E-state index in [2.05, 4.69) is 4.72 Å². The van der Waals surface area contributed by atoms with Crippen molar-refractivity contribution in [1.29, 1.82) is 0 Å². The van der Waals surface area contributed by atoms with Crippen LogP contribution in [0.5, 0.6) is 0 Å². The molecule has 0 spiro atoms. The number of aryl methyl sites for hydroxylation is 1. The van der Waals surface area contributed by atoms with Crippen LogP contribution in [0.3, 0.4) is 0 Å². The van der Waals surface area contributed by atoms with E-state index in [1.807, 2.05) is 24.0 Å². The fourth-order valence-electron chi connectivity index (χ4n) is 3.26. The Morgan fingerprint density at radius 3 is 2.07 bits per heavy atom. The molecule has 6 heteroatoms. The quantitative estimate of drug-likeness (QED) is 0.842. The summed E-state index contributed by atoms with van der Waals surface area (Å²) in [6.07, 6.45) is 5.27. The number of hydrogen-bond acceptors (Lipinski definition) is 3. The van der Waals surface area contributed by atoms with Crippen LogP contribution in [0.2, 0.25) is 0 Å². The van der Waals surface area contributed by atoms with Gasteiger partial charge in [0.1, 0.15) is 0 Å². The molecular formula is C21H26N2O3S. The van der Waals surface area contributed by atoms with Crippen LogP contribution < -0.4 is 4.72 Å². The van der Waals surface area contributed by atoms with E-state index in [1.54, 1.807) is 24.3 Å². The molecule has 1 N–H and O–H groups in total. The molecule has 0 radical (unpaired) electrons. The normalized spacial score (nSPS) is 15.2. The molecule has 2 aromatic carbocycles. The maximum absolute atomic E-state index is 12.6. The van der Waals surface area contributed by atoms with Gasteiger partial charge in [-0.25, -0.2) is 8.42 Å². The second-order valence-corrected chi connectivity index (χ2v) is 8.57. The molecule has 1 fully saturated rings. The fourth-order valence-corrected chi connectivity index (χ4v) is 4.31. The summed E-state index contributed by atoms with van der Waals surface area (Å²) in [6, 6.07) is 13.5. The van der Waals surface area contributed by atoms with Crippen molar-refractivity contribution in [3.05, 3.63) is 59.7 Å². The summed E-state index contributed by atoms with van der Waals surface area (Å²) in [4.78, 5) is 14.6. The maximum atomic E-state index is 12.6. The Kier molecular flexibility index (Phi) is 6.16. The van der Waals surface area contributed by atoms with Gasteiger partial charge in [0.15, 0.2) is 0 Å². The Bertz CT molecular complexity index is 867. The summed E-state index contributed by atoms with van der Waals surface area (Å²) in [6.45, 7) is 3.59. The number of carbonyl (C=O) groups excluding carboxylic acids is 1. The molecule has 0 atom stereocenters. The lowest BCUT2D eigenvalue weighted by Crippen LogP contribution is -2.31. The molecule has 5 nitrogen and oxygen atoms in total. The van der Waals surface area contributed by atoms with Gasteiger partial charge in [-0.1, -0.05) is 31.9 Å². The number of rotatable bonds is 5. The van der Waals surface area contributed by atoms with Crippen molar-refractivity contribution in [3.8, 4) is 0 Å². The van der Waals surface area contributed by atoms with Gasteiger partial charge in [0.2, 0.25) is 0 Å². The SMILES string of the molecule is CCc1ccc(NS(=O)(=O)c2ccc(C(=O)N3CCCCCC3)cc2)cc1. The van der Waals surface area contributed by atoms with E-state index in [-0.39, 0.29) is 10.8 Å². The lowest BCUT2D eigenvalue weighted by atomic mass is 10.2. The van der Waals surface area contributed by atoms with Gasteiger partial charge in [0.25, 0.3) is 15.9 Å². The van der Waals surface area contributed by atoms with E-state index in [4.69, 9.17) is 0 Å². The Morgan fingerprint density at radius 1 is 0.926 bits per heavy atom.